The van der Waals surface area contributed by atoms with Crippen molar-refractivity contribution < 1.29 is 9.26 Å². The van der Waals surface area contributed by atoms with E-state index in [-0.39, 0.29) is 0 Å². The number of thiazole rings is 1. The molecule has 7 nitrogen and oxygen atoms in total. The maximum absolute atomic E-state index is 5.27. The lowest BCUT2D eigenvalue weighted by molar-refractivity contribution is 0.174. The van der Waals surface area contributed by atoms with Crippen LogP contribution in [0.25, 0.3) is 11.5 Å². The van der Waals surface area contributed by atoms with E-state index in [0.717, 1.165) is 29.4 Å². The largest absolute Gasteiger partial charge is 0.377 e. The number of hydrogen-bond donors (Lipinski definition) is 0. The fraction of sp³-hybridized carbons (Fsp3) is 0.412. The molecule has 130 valence electrons. The van der Waals surface area contributed by atoms with E-state index in [2.05, 4.69) is 25.0 Å². The van der Waals surface area contributed by atoms with E-state index < -0.39 is 0 Å². The first kappa shape index (κ1) is 16.2. The van der Waals surface area contributed by atoms with Crippen LogP contribution in [0.4, 0.5) is 5.82 Å². The van der Waals surface area contributed by atoms with Gasteiger partial charge in [-0.25, -0.2) is 9.97 Å². The van der Waals surface area contributed by atoms with Crippen LogP contribution in [0.1, 0.15) is 36.1 Å². The molecule has 4 rings (SSSR count). The minimum Gasteiger partial charge on any atom is -0.377 e. The van der Waals surface area contributed by atoms with Crippen molar-refractivity contribution in [3.63, 3.8) is 0 Å². The van der Waals surface area contributed by atoms with Crippen molar-refractivity contribution in [3.8, 4) is 11.5 Å². The Morgan fingerprint density at radius 1 is 1.32 bits per heavy atom. The lowest BCUT2D eigenvalue weighted by Crippen LogP contribution is -2.33. The van der Waals surface area contributed by atoms with Gasteiger partial charge in [-0.1, -0.05) is 5.16 Å². The van der Waals surface area contributed by atoms with E-state index in [1.54, 1.807) is 24.6 Å². The highest BCUT2D eigenvalue weighted by Gasteiger charge is 2.27. The quantitative estimate of drug-likeness (QED) is 0.692. The molecule has 1 unspecified atom stereocenters. The summed E-state index contributed by atoms with van der Waals surface area (Å²) in [6, 6.07) is 4.30. The number of hydrogen-bond acceptors (Lipinski definition) is 8. The van der Waals surface area contributed by atoms with Gasteiger partial charge in [0.1, 0.15) is 17.4 Å². The summed E-state index contributed by atoms with van der Waals surface area (Å²) in [6.07, 6.45) is 7.17. The number of ether oxygens (including phenoxy) is 1. The number of aromatic nitrogens is 4. The Morgan fingerprint density at radius 2 is 2.28 bits per heavy atom. The van der Waals surface area contributed by atoms with Gasteiger partial charge in [-0.3, -0.25) is 0 Å². The number of nitrogens with zero attached hydrogens (tertiary/aromatic N) is 5. The summed E-state index contributed by atoms with van der Waals surface area (Å²) >= 11 is 1.71. The molecule has 25 heavy (non-hydrogen) atoms. The molecule has 1 atom stereocenters. The van der Waals surface area contributed by atoms with E-state index in [1.807, 2.05) is 23.7 Å². The maximum atomic E-state index is 5.27. The van der Waals surface area contributed by atoms with E-state index >= 15 is 0 Å². The first-order valence-corrected chi connectivity index (χ1v) is 9.17. The Bertz CT molecular complexity index is 803. The van der Waals surface area contributed by atoms with Crippen LogP contribution in [0.15, 0.2) is 34.4 Å². The van der Waals surface area contributed by atoms with Gasteiger partial charge in [-0.15, -0.1) is 11.3 Å². The van der Waals surface area contributed by atoms with Gasteiger partial charge in [-0.05, 0) is 31.4 Å². The van der Waals surface area contributed by atoms with E-state index in [1.165, 1.54) is 12.8 Å². The summed E-state index contributed by atoms with van der Waals surface area (Å²) in [7, 11) is 1.60. The van der Waals surface area contributed by atoms with E-state index in [0.29, 0.717) is 24.4 Å². The SMILES string of the molecule is COCc1noc(-c2ccc(N3CCCCC3c3nccs3)nc2)n1. The Kier molecular flexibility index (Phi) is 4.71. The molecular formula is C17H19N5O2S. The van der Waals surface area contributed by atoms with Crippen LogP contribution in [0.2, 0.25) is 0 Å². The molecule has 0 saturated carbocycles. The van der Waals surface area contributed by atoms with Gasteiger partial charge in [0.2, 0.25) is 0 Å². The summed E-state index contributed by atoms with van der Waals surface area (Å²) in [6.45, 7) is 1.33. The van der Waals surface area contributed by atoms with Gasteiger partial charge >= 0.3 is 0 Å². The molecule has 0 aliphatic carbocycles. The van der Waals surface area contributed by atoms with Crippen molar-refractivity contribution in [1.29, 1.82) is 0 Å². The van der Waals surface area contributed by atoms with Crippen LogP contribution in [0.5, 0.6) is 0 Å². The molecule has 3 aromatic rings. The molecule has 0 bridgehead atoms. The number of anilines is 1. The number of piperidine rings is 1. The zero-order chi connectivity index (χ0) is 17.1. The molecule has 0 aromatic carbocycles. The van der Waals surface area contributed by atoms with Crippen molar-refractivity contribution in [2.24, 2.45) is 0 Å². The molecule has 0 N–H and O–H groups in total. The average molecular weight is 357 g/mol. The smallest absolute Gasteiger partial charge is 0.259 e. The number of methoxy groups -OCH3 is 1. The molecule has 3 aromatic heterocycles. The van der Waals surface area contributed by atoms with Crippen LogP contribution in [-0.2, 0) is 11.3 Å². The molecule has 1 aliphatic rings. The van der Waals surface area contributed by atoms with Gasteiger partial charge in [0.25, 0.3) is 5.89 Å². The Morgan fingerprint density at radius 3 is 3.04 bits per heavy atom. The van der Waals surface area contributed by atoms with E-state index in [4.69, 9.17) is 9.26 Å². The molecule has 1 fully saturated rings. The highest BCUT2D eigenvalue weighted by atomic mass is 32.1. The second kappa shape index (κ2) is 7.28. The van der Waals surface area contributed by atoms with Crippen LogP contribution >= 0.6 is 11.3 Å². The summed E-state index contributed by atoms with van der Waals surface area (Å²) < 4.78 is 10.3. The van der Waals surface area contributed by atoms with Crippen molar-refractivity contribution in [2.45, 2.75) is 31.9 Å². The van der Waals surface area contributed by atoms with Gasteiger partial charge in [-0.2, -0.15) is 4.98 Å². The molecule has 8 heteroatoms. The van der Waals surface area contributed by atoms with E-state index in [9.17, 15) is 0 Å². The van der Waals surface area contributed by atoms with Crippen LogP contribution in [0, 0.1) is 0 Å². The minimum atomic E-state index is 0.309. The number of pyridine rings is 1. The highest BCUT2D eigenvalue weighted by Crippen LogP contribution is 2.35. The third-order valence-electron chi connectivity index (χ3n) is 4.27. The predicted octanol–water partition coefficient (Wildman–Crippen LogP) is 3.47. The molecular weight excluding hydrogens is 338 g/mol. The zero-order valence-corrected chi connectivity index (χ0v) is 14.8. The zero-order valence-electron chi connectivity index (χ0n) is 14.0. The van der Waals surface area contributed by atoms with Crippen LogP contribution < -0.4 is 4.90 Å². The Labute approximate surface area is 149 Å². The van der Waals surface area contributed by atoms with Crippen molar-refractivity contribution >= 4 is 17.2 Å². The standard InChI is InChI=1S/C17H19N5O2S/c1-23-11-14-20-16(24-21-14)12-5-6-15(19-10-12)22-8-3-2-4-13(22)17-18-7-9-25-17/h5-7,9-10,13H,2-4,8,11H2,1H3. The van der Waals surface area contributed by atoms with Crippen molar-refractivity contribution in [2.75, 3.05) is 18.6 Å². The maximum Gasteiger partial charge on any atom is 0.259 e. The molecule has 1 saturated heterocycles. The Hall–Kier alpha value is -2.32. The average Bonchev–Trinajstić information content (AvgIpc) is 3.34. The lowest BCUT2D eigenvalue weighted by Gasteiger charge is -2.35. The number of rotatable bonds is 5. The summed E-state index contributed by atoms with van der Waals surface area (Å²) in [5.41, 5.74) is 0.807. The fourth-order valence-electron chi connectivity index (χ4n) is 3.10. The van der Waals surface area contributed by atoms with Crippen LogP contribution in [-0.4, -0.2) is 33.8 Å². The van der Waals surface area contributed by atoms with Crippen molar-refractivity contribution in [3.05, 3.63) is 40.7 Å². The Balaban J connectivity index is 1.56. The normalized spacial score (nSPS) is 17.8. The molecule has 1 aliphatic heterocycles. The predicted molar refractivity (Wildman–Crippen MR) is 94.3 cm³/mol. The monoisotopic (exact) mass is 357 g/mol. The summed E-state index contributed by atoms with van der Waals surface area (Å²) in [5.74, 6) is 1.95. The van der Waals surface area contributed by atoms with Gasteiger partial charge in [0.15, 0.2) is 5.82 Å². The first-order valence-electron chi connectivity index (χ1n) is 8.29. The first-order chi connectivity index (χ1) is 12.3. The third-order valence-corrected chi connectivity index (χ3v) is 5.15. The topological polar surface area (TPSA) is 77.2 Å². The summed E-state index contributed by atoms with van der Waals surface area (Å²) in [4.78, 5) is 15.8. The second-order valence-corrected chi connectivity index (χ2v) is 6.86. The lowest BCUT2D eigenvalue weighted by atomic mass is 10.0. The molecule has 4 heterocycles. The molecule has 0 radical (unpaired) electrons. The fourth-order valence-corrected chi connectivity index (χ4v) is 3.89. The molecule has 0 amide bonds. The van der Waals surface area contributed by atoms with Gasteiger partial charge in [0.05, 0.1) is 11.6 Å². The second-order valence-electron chi connectivity index (χ2n) is 5.93. The molecule has 0 spiro atoms. The van der Waals surface area contributed by atoms with Crippen LogP contribution in [0.3, 0.4) is 0 Å². The highest BCUT2D eigenvalue weighted by molar-refractivity contribution is 7.09. The minimum absolute atomic E-state index is 0.309. The summed E-state index contributed by atoms with van der Waals surface area (Å²) in [5, 5.41) is 7.08. The van der Waals surface area contributed by atoms with Gasteiger partial charge in [0, 0.05) is 31.4 Å². The van der Waals surface area contributed by atoms with Crippen molar-refractivity contribution in [1.82, 2.24) is 20.1 Å². The van der Waals surface area contributed by atoms with Gasteiger partial charge < -0.3 is 14.2 Å². The third kappa shape index (κ3) is 3.40.